The first-order valence-corrected chi connectivity index (χ1v) is 5.72. The summed E-state index contributed by atoms with van der Waals surface area (Å²) < 4.78 is 0. The van der Waals surface area contributed by atoms with Crippen LogP contribution in [0.2, 0.25) is 0 Å². The van der Waals surface area contributed by atoms with E-state index in [0.717, 1.165) is 18.0 Å². The third-order valence-electron chi connectivity index (χ3n) is 4.16. The zero-order chi connectivity index (χ0) is 9.64. The molecule has 0 aromatic carbocycles. The summed E-state index contributed by atoms with van der Waals surface area (Å²) in [5.74, 6) is 1.02. The van der Waals surface area contributed by atoms with Crippen molar-refractivity contribution in [3.05, 3.63) is 0 Å². The molecule has 1 saturated carbocycles. The van der Waals surface area contributed by atoms with E-state index in [4.69, 9.17) is 0 Å². The van der Waals surface area contributed by atoms with E-state index < -0.39 is 0 Å². The van der Waals surface area contributed by atoms with Crippen LogP contribution in [0.5, 0.6) is 0 Å². The second kappa shape index (κ2) is 2.98. The van der Waals surface area contributed by atoms with Gasteiger partial charge in [0.15, 0.2) is 0 Å². The zero-order valence-corrected chi connectivity index (χ0v) is 9.51. The second-order valence-electron chi connectivity index (χ2n) is 6.04. The molecule has 13 heavy (non-hydrogen) atoms. The monoisotopic (exact) mass is 181 g/mol. The van der Waals surface area contributed by atoms with Crippen LogP contribution in [0.15, 0.2) is 0 Å². The Morgan fingerprint density at radius 2 is 1.85 bits per heavy atom. The summed E-state index contributed by atoms with van der Waals surface area (Å²) in [4.78, 5) is 2.66. The quantitative estimate of drug-likeness (QED) is 0.555. The molecule has 0 aromatic heterocycles. The van der Waals surface area contributed by atoms with Crippen LogP contribution >= 0.6 is 0 Å². The van der Waals surface area contributed by atoms with Gasteiger partial charge in [-0.25, -0.2) is 0 Å². The zero-order valence-electron chi connectivity index (χ0n) is 9.51. The number of fused-ring (bicyclic) bond motifs is 1. The van der Waals surface area contributed by atoms with Crippen molar-refractivity contribution in [2.45, 2.75) is 58.5 Å². The molecule has 1 aliphatic carbocycles. The fourth-order valence-corrected chi connectivity index (χ4v) is 3.48. The van der Waals surface area contributed by atoms with Crippen molar-refractivity contribution in [2.24, 2.45) is 11.3 Å². The van der Waals surface area contributed by atoms with Gasteiger partial charge in [-0.1, -0.05) is 27.2 Å². The molecule has 2 rings (SSSR count). The van der Waals surface area contributed by atoms with Gasteiger partial charge in [0.2, 0.25) is 0 Å². The molecule has 0 spiro atoms. The maximum atomic E-state index is 2.66. The van der Waals surface area contributed by atoms with Gasteiger partial charge in [-0.15, -0.1) is 0 Å². The van der Waals surface area contributed by atoms with Gasteiger partial charge in [-0.05, 0) is 37.6 Å². The molecule has 1 aliphatic heterocycles. The molecule has 0 aromatic rings. The molecule has 0 amide bonds. The molecule has 2 fully saturated rings. The van der Waals surface area contributed by atoms with E-state index in [1.165, 1.54) is 25.7 Å². The van der Waals surface area contributed by atoms with E-state index >= 15 is 0 Å². The van der Waals surface area contributed by atoms with E-state index in [1.807, 2.05) is 0 Å². The summed E-state index contributed by atoms with van der Waals surface area (Å²) in [6.07, 6.45) is 5.86. The standard InChI is InChI=1S/C12H23N/c1-12(2,3)11-8-9-6-5-7-10(9)13(11)4/h9-11H,5-8H2,1-4H3. The molecule has 76 valence electrons. The van der Waals surface area contributed by atoms with Gasteiger partial charge < -0.3 is 0 Å². The Labute approximate surface area is 82.5 Å². The van der Waals surface area contributed by atoms with Crippen LogP contribution in [-0.4, -0.2) is 24.0 Å². The first kappa shape index (κ1) is 9.51. The molecule has 0 radical (unpaired) electrons. The maximum Gasteiger partial charge on any atom is 0.0147 e. The average Bonchev–Trinajstić information content (AvgIpc) is 2.51. The largest absolute Gasteiger partial charge is 0.300 e. The second-order valence-corrected chi connectivity index (χ2v) is 6.04. The summed E-state index contributed by atoms with van der Waals surface area (Å²) in [7, 11) is 2.34. The lowest BCUT2D eigenvalue weighted by Crippen LogP contribution is -2.40. The Morgan fingerprint density at radius 1 is 1.15 bits per heavy atom. The minimum absolute atomic E-state index is 0.471. The molecule has 0 bridgehead atoms. The first-order valence-electron chi connectivity index (χ1n) is 5.72. The summed E-state index contributed by atoms with van der Waals surface area (Å²) in [5.41, 5.74) is 0.471. The highest BCUT2D eigenvalue weighted by Crippen LogP contribution is 2.45. The van der Waals surface area contributed by atoms with Gasteiger partial charge in [0.05, 0.1) is 0 Å². The van der Waals surface area contributed by atoms with Crippen LogP contribution in [0.1, 0.15) is 46.5 Å². The van der Waals surface area contributed by atoms with E-state index in [2.05, 4.69) is 32.7 Å². The van der Waals surface area contributed by atoms with Crippen LogP contribution < -0.4 is 0 Å². The van der Waals surface area contributed by atoms with Crippen molar-refractivity contribution in [3.8, 4) is 0 Å². The normalized spacial score (nSPS) is 41.1. The molecule has 1 saturated heterocycles. The van der Waals surface area contributed by atoms with E-state index in [1.54, 1.807) is 0 Å². The van der Waals surface area contributed by atoms with Crippen molar-refractivity contribution in [1.82, 2.24) is 4.90 Å². The molecule has 1 heteroatoms. The van der Waals surface area contributed by atoms with Gasteiger partial charge in [-0.2, -0.15) is 0 Å². The highest BCUT2D eigenvalue weighted by atomic mass is 15.2. The molecule has 3 atom stereocenters. The summed E-state index contributed by atoms with van der Waals surface area (Å²) in [5, 5.41) is 0. The average molecular weight is 181 g/mol. The third-order valence-corrected chi connectivity index (χ3v) is 4.16. The van der Waals surface area contributed by atoms with Gasteiger partial charge in [0, 0.05) is 12.1 Å². The van der Waals surface area contributed by atoms with E-state index in [9.17, 15) is 0 Å². The van der Waals surface area contributed by atoms with Crippen LogP contribution in [0.4, 0.5) is 0 Å². The Morgan fingerprint density at radius 3 is 2.38 bits per heavy atom. The van der Waals surface area contributed by atoms with Gasteiger partial charge in [0.25, 0.3) is 0 Å². The highest BCUT2D eigenvalue weighted by molar-refractivity contribution is 4.99. The fourth-order valence-electron chi connectivity index (χ4n) is 3.48. The summed E-state index contributed by atoms with van der Waals surface area (Å²) >= 11 is 0. The Balaban J connectivity index is 2.11. The first-order chi connectivity index (χ1) is 6.00. The molecule has 1 heterocycles. The van der Waals surface area contributed by atoms with Crippen molar-refractivity contribution >= 4 is 0 Å². The predicted molar refractivity (Wildman–Crippen MR) is 56.8 cm³/mol. The van der Waals surface area contributed by atoms with Crippen LogP contribution in [0.25, 0.3) is 0 Å². The highest BCUT2D eigenvalue weighted by Gasteiger charge is 2.45. The van der Waals surface area contributed by atoms with Crippen LogP contribution in [0.3, 0.4) is 0 Å². The molecule has 3 unspecified atom stereocenters. The Bertz CT molecular complexity index is 192. The lowest BCUT2D eigenvalue weighted by molar-refractivity contribution is 0.135. The van der Waals surface area contributed by atoms with Crippen LogP contribution in [0, 0.1) is 11.3 Å². The Hall–Kier alpha value is -0.0400. The van der Waals surface area contributed by atoms with Crippen molar-refractivity contribution < 1.29 is 0 Å². The molecular weight excluding hydrogens is 158 g/mol. The summed E-state index contributed by atoms with van der Waals surface area (Å²) in [6.45, 7) is 7.15. The van der Waals surface area contributed by atoms with Crippen molar-refractivity contribution in [2.75, 3.05) is 7.05 Å². The van der Waals surface area contributed by atoms with Crippen molar-refractivity contribution in [3.63, 3.8) is 0 Å². The molecule has 0 N–H and O–H groups in total. The third kappa shape index (κ3) is 1.52. The number of likely N-dealkylation sites (tertiary alicyclic amines) is 1. The SMILES string of the molecule is CN1C2CCCC2CC1C(C)(C)C. The Kier molecular flexibility index (Phi) is 2.18. The van der Waals surface area contributed by atoms with Gasteiger partial charge in [-0.3, -0.25) is 4.90 Å². The number of hydrogen-bond acceptors (Lipinski definition) is 1. The van der Waals surface area contributed by atoms with Crippen molar-refractivity contribution in [1.29, 1.82) is 0 Å². The lowest BCUT2D eigenvalue weighted by atomic mass is 9.83. The minimum atomic E-state index is 0.471. The minimum Gasteiger partial charge on any atom is -0.300 e. The fraction of sp³-hybridized carbons (Fsp3) is 1.00. The van der Waals surface area contributed by atoms with Gasteiger partial charge in [0.1, 0.15) is 0 Å². The molecule has 2 aliphatic rings. The van der Waals surface area contributed by atoms with E-state index in [0.29, 0.717) is 5.41 Å². The molecule has 1 nitrogen and oxygen atoms in total. The van der Waals surface area contributed by atoms with E-state index in [-0.39, 0.29) is 0 Å². The maximum absolute atomic E-state index is 2.66. The topological polar surface area (TPSA) is 3.24 Å². The lowest BCUT2D eigenvalue weighted by Gasteiger charge is -2.35. The summed E-state index contributed by atoms with van der Waals surface area (Å²) in [6, 6.07) is 1.74. The van der Waals surface area contributed by atoms with Gasteiger partial charge >= 0.3 is 0 Å². The smallest absolute Gasteiger partial charge is 0.0147 e. The molecular formula is C12H23N. The van der Waals surface area contributed by atoms with Crippen LogP contribution in [-0.2, 0) is 0 Å². The predicted octanol–water partition coefficient (Wildman–Crippen LogP) is 2.91. The number of nitrogens with zero attached hydrogens (tertiary/aromatic N) is 1. The number of hydrogen-bond donors (Lipinski definition) is 0. The number of rotatable bonds is 0.